The Labute approximate surface area is 121 Å². The highest BCUT2D eigenvalue weighted by Crippen LogP contribution is 2.45. The quantitative estimate of drug-likeness (QED) is 0.472. The van der Waals surface area contributed by atoms with Gasteiger partial charge >= 0.3 is 0 Å². The Balaban J connectivity index is 2.51. The second kappa shape index (κ2) is 4.66. The maximum Gasteiger partial charge on any atom is 0.283 e. The summed E-state index contributed by atoms with van der Waals surface area (Å²) in [5, 5.41) is 21.6. The highest BCUT2D eigenvalue weighted by molar-refractivity contribution is 6.68. The van der Waals surface area contributed by atoms with Crippen LogP contribution in [0.25, 0.3) is 0 Å². The van der Waals surface area contributed by atoms with Crippen LogP contribution in [-0.2, 0) is 6.42 Å². The Morgan fingerprint density at radius 3 is 2.32 bits per heavy atom. The second-order valence-corrected chi connectivity index (χ2v) is 6.18. The number of benzene rings is 1. The van der Waals surface area contributed by atoms with E-state index in [4.69, 9.17) is 39.5 Å². The van der Waals surface area contributed by atoms with E-state index in [1.54, 1.807) is 0 Å². The predicted molar refractivity (Wildman–Crippen MR) is 68.2 cm³/mol. The summed E-state index contributed by atoms with van der Waals surface area (Å²) in [6.45, 7) is 0. The molecular formula is C9H5Cl3N2O5. The molecule has 1 aliphatic heterocycles. The van der Waals surface area contributed by atoms with Gasteiger partial charge in [0.1, 0.15) is 11.9 Å². The van der Waals surface area contributed by atoms with E-state index in [2.05, 4.69) is 0 Å². The number of rotatable bonds is 2. The molecule has 0 amide bonds. The number of nitrogens with zero attached hydrogens (tertiary/aromatic N) is 2. The van der Waals surface area contributed by atoms with E-state index in [0.717, 1.165) is 12.1 Å². The number of halogens is 3. The Morgan fingerprint density at radius 2 is 1.84 bits per heavy atom. The Morgan fingerprint density at radius 1 is 1.21 bits per heavy atom. The average molecular weight is 328 g/mol. The standard InChI is InChI=1S/C9H5Cl3N2O5/c10-9(11,12)8-3-5-6(14(17)18)1-4(13(15)16)2-7(5)19-8/h1-2,8H,3H2. The van der Waals surface area contributed by atoms with E-state index >= 15 is 0 Å². The van der Waals surface area contributed by atoms with Crippen LogP contribution in [0.2, 0.25) is 0 Å². The molecule has 0 saturated heterocycles. The lowest BCUT2D eigenvalue weighted by molar-refractivity contribution is -0.394. The minimum Gasteiger partial charge on any atom is -0.485 e. The second-order valence-electron chi connectivity index (χ2n) is 3.81. The van der Waals surface area contributed by atoms with Crippen LogP contribution >= 0.6 is 34.8 Å². The van der Waals surface area contributed by atoms with E-state index in [1.807, 2.05) is 0 Å². The summed E-state index contributed by atoms with van der Waals surface area (Å²) in [6.07, 6.45) is -0.923. The molecule has 1 heterocycles. The minimum atomic E-state index is -1.78. The van der Waals surface area contributed by atoms with Gasteiger partial charge in [0.25, 0.3) is 11.4 Å². The Bertz CT molecular complexity index is 572. The lowest BCUT2D eigenvalue weighted by Gasteiger charge is -2.18. The van der Waals surface area contributed by atoms with E-state index in [1.165, 1.54) is 0 Å². The van der Waals surface area contributed by atoms with Gasteiger partial charge in [-0.3, -0.25) is 20.2 Å². The lowest BCUT2D eigenvalue weighted by atomic mass is 10.1. The van der Waals surface area contributed by atoms with Crippen molar-refractivity contribution in [2.75, 3.05) is 0 Å². The van der Waals surface area contributed by atoms with Crippen LogP contribution in [0.5, 0.6) is 5.75 Å². The monoisotopic (exact) mass is 326 g/mol. The highest BCUT2D eigenvalue weighted by Gasteiger charge is 2.43. The van der Waals surface area contributed by atoms with Gasteiger partial charge in [-0.25, -0.2) is 0 Å². The van der Waals surface area contributed by atoms with Gasteiger partial charge in [-0.15, -0.1) is 0 Å². The largest absolute Gasteiger partial charge is 0.485 e. The van der Waals surface area contributed by atoms with Gasteiger partial charge in [0.2, 0.25) is 3.79 Å². The van der Waals surface area contributed by atoms with Crippen LogP contribution in [0, 0.1) is 20.2 Å². The van der Waals surface area contributed by atoms with Crippen molar-refractivity contribution in [1.82, 2.24) is 0 Å². The molecule has 7 nitrogen and oxygen atoms in total. The Hall–Kier alpha value is -1.31. The smallest absolute Gasteiger partial charge is 0.283 e. The molecule has 19 heavy (non-hydrogen) atoms. The van der Waals surface area contributed by atoms with Crippen molar-refractivity contribution in [2.45, 2.75) is 16.3 Å². The summed E-state index contributed by atoms with van der Waals surface area (Å²) >= 11 is 17.0. The number of nitro benzene ring substituents is 2. The van der Waals surface area contributed by atoms with Gasteiger partial charge in [-0.1, -0.05) is 34.8 Å². The molecule has 0 N–H and O–H groups in total. The van der Waals surface area contributed by atoms with Gasteiger partial charge in [-0.05, 0) is 0 Å². The number of non-ortho nitro benzene ring substituents is 1. The third-order valence-corrected chi connectivity index (χ3v) is 3.33. The van der Waals surface area contributed by atoms with Crippen LogP contribution in [0.4, 0.5) is 11.4 Å². The molecular weight excluding hydrogens is 322 g/mol. The molecule has 0 spiro atoms. The van der Waals surface area contributed by atoms with Gasteiger partial charge in [-0.2, -0.15) is 0 Å². The summed E-state index contributed by atoms with van der Waals surface area (Å²) in [5.74, 6) is -0.00257. The molecule has 1 atom stereocenters. The molecule has 1 aromatic rings. The molecule has 102 valence electrons. The van der Waals surface area contributed by atoms with Crippen LogP contribution in [0.15, 0.2) is 12.1 Å². The van der Waals surface area contributed by atoms with Gasteiger partial charge < -0.3 is 4.74 Å². The number of nitro groups is 2. The molecule has 0 aliphatic carbocycles. The fourth-order valence-electron chi connectivity index (χ4n) is 1.76. The molecule has 1 unspecified atom stereocenters. The van der Waals surface area contributed by atoms with Crippen molar-refractivity contribution in [1.29, 1.82) is 0 Å². The fourth-order valence-corrected chi connectivity index (χ4v) is 2.12. The Kier molecular flexibility index (Phi) is 3.46. The zero-order valence-corrected chi connectivity index (χ0v) is 11.3. The summed E-state index contributed by atoms with van der Waals surface area (Å²) in [7, 11) is 0. The van der Waals surface area contributed by atoms with Crippen LogP contribution in [-0.4, -0.2) is 19.7 Å². The van der Waals surface area contributed by atoms with Crippen molar-refractivity contribution in [3.8, 4) is 5.75 Å². The maximum atomic E-state index is 10.9. The zero-order chi connectivity index (χ0) is 14.4. The van der Waals surface area contributed by atoms with Crippen molar-refractivity contribution in [3.63, 3.8) is 0 Å². The molecule has 0 fully saturated rings. The van der Waals surface area contributed by atoms with Crippen LogP contribution < -0.4 is 4.74 Å². The van der Waals surface area contributed by atoms with E-state index in [9.17, 15) is 20.2 Å². The van der Waals surface area contributed by atoms with Gasteiger partial charge in [0.15, 0.2) is 0 Å². The molecule has 1 aliphatic rings. The number of fused-ring (bicyclic) bond motifs is 1. The number of hydrogen-bond donors (Lipinski definition) is 0. The first-order valence-corrected chi connectivity index (χ1v) is 6.02. The van der Waals surface area contributed by atoms with Crippen LogP contribution in [0.3, 0.4) is 0 Å². The number of hydrogen-bond acceptors (Lipinski definition) is 5. The van der Waals surface area contributed by atoms with E-state index < -0.39 is 31.1 Å². The molecule has 0 radical (unpaired) electrons. The first-order valence-electron chi connectivity index (χ1n) is 4.89. The lowest BCUT2D eigenvalue weighted by Crippen LogP contribution is -2.29. The van der Waals surface area contributed by atoms with E-state index in [0.29, 0.717) is 0 Å². The molecule has 0 bridgehead atoms. The minimum absolute atomic E-state index is 0.000140. The molecule has 10 heteroatoms. The normalized spacial score (nSPS) is 17.7. The molecule has 2 rings (SSSR count). The zero-order valence-electron chi connectivity index (χ0n) is 9.01. The summed E-state index contributed by atoms with van der Waals surface area (Å²) in [4.78, 5) is 20.1. The average Bonchev–Trinajstić information content (AvgIpc) is 2.70. The third-order valence-electron chi connectivity index (χ3n) is 2.60. The van der Waals surface area contributed by atoms with Gasteiger partial charge in [0.05, 0.1) is 27.5 Å². The molecule has 0 aromatic heterocycles. The first-order chi connectivity index (χ1) is 8.70. The van der Waals surface area contributed by atoms with Crippen molar-refractivity contribution >= 4 is 46.2 Å². The SMILES string of the molecule is O=[N+]([O-])c1cc2c(c([N+](=O)[O-])c1)CC(C(Cl)(Cl)Cl)O2. The summed E-state index contributed by atoms with van der Waals surface area (Å²) in [5.41, 5.74) is -0.678. The summed E-state index contributed by atoms with van der Waals surface area (Å²) in [6, 6.07) is 1.95. The van der Waals surface area contributed by atoms with Gasteiger partial charge in [0, 0.05) is 6.42 Å². The highest BCUT2D eigenvalue weighted by atomic mass is 35.6. The topological polar surface area (TPSA) is 95.5 Å². The number of ether oxygens (including phenoxy) is 1. The van der Waals surface area contributed by atoms with Crippen molar-refractivity contribution in [2.24, 2.45) is 0 Å². The van der Waals surface area contributed by atoms with E-state index in [-0.39, 0.29) is 17.7 Å². The maximum absolute atomic E-state index is 10.9. The molecule has 1 aromatic carbocycles. The fraction of sp³-hybridized carbons (Fsp3) is 0.333. The van der Waals surface area contributed by atoms with Crippen LogP contribution in [0.1, 0.15) is 5.56 Å². The first kappa shape index (κ1) is 14.1. The predicted octanol–water partition coefficient (Wildman–Crippen LogP) is 3.18. The van der Waals surface area contributed by atoms with Crippen molar-refractivity contribution < 1.29 is 14.6 Å². The number of alkyl halides is 3. The molecule has 0 saturated carbocycles. The summed E-state index contributed by atoms with van der Waals surface area (Å²) < 4.78 is 3.47. The van der Waals surface area contributed by atoms with Crippen molar-refractivity contribution in [3.05, 3.63) is 37.9 Å². The third kappa shape index (κ3) is 2.68.